The summed E-state index contributed by atoms with van der Waals surface area (Å²) in [6, 6.07) is 22.7. The average Bonchev–Trinajstić information content (AvgIpc) is 1.65. The van der Waals surface area contributed by atoms with Crippen LogP contribution in [0, 0.1) is 0 Å². The molecule has 0 saturated carbocycles. The van der Waals surface area contributed by atoms with Crippen LogP contribution in [0.1, 0.15) is 113 Å². The molecule has 9 rings (SSSR count). The maximum atomic E-state index is 12.9. The number of halogens is 1. The van der Waals surface area contributed by atoms with Crippen LogP contribution in [-0.2, 0) is 79.6 Å². The monoisotopic (exact) mass is 1560 g/mol. The third kappa shape index (κ3) is 27.2. The maximum absolute atomic E-state index is 12.9. The van der Waals surface area contributed by atoms with Gasteiger partial charge in [0.2, 0.25) is 11.9 Å². The Kier molecular flexibility index (Phi) is 35.3. The van der Waals surface area contributed by atoms with Crippen molar-refractivity contribution < 1.29 is 70.4 Å². The van der Waals surface area contributed by atoms with Crippen LogP contribution < -0.4 is 47.8 Å². The molecule has 103 heavy (non-hydrogen) atoms. The average molecular weight is 1560 g/mol. The number of nitrogens with two attached hydrogens (primary N) is 4. The van der Waals surface area contributed by atoms with E-state index in [2.05, 4.69) is 92.2 Å². The number of anilines is 5. The van der Waals surface area contributed by atoms with E-state index in [1.54, 1.807) is 66.4 Å². The van der Waals surface area contributed by atoms with Crippen LogP contribution in [-0.4, -0.2) is 174 Å². The van der Waals surface area contributed by atoms with E-state index in [0.29, 0.717) is 127 Å². The van der Waals surface area contributed by atoms with Crippen molar-refractivity contribution in [3.8, 4) is 18.0 Å². The third-order valence-corrected chi connectivity index (χ3v) is 19.5. The molecule has 566 valence electrons. The smallest absolute Gasteiger partial charge is 0.335 e. The molecule has 37 heteroatoms. The Bertz CT molecular complexity index is 4230. The van der Waals surface area contributed by atoms with E-state index in [-0.39, 0.29) is 67.2 Å². The number of nitrogen functional groups attached to an aromatic ring is 3. The summed E-state index contributed by atoms with van der Waals surface area (Å²) in [6.45, 7) is 18.1. The second kappa shape index (κ2) is 43.1. The zero-order valence-corrected chi connectivity index (χ0v) is 64.3. The van der Waals surface area contributed by atoms with Crippen LogP contribution in [0.25, 0.3) is 33.5 Å². The van der Waals surface area contributed by atoms with E-state index in [1.165, 1.54) is 12.8 Å². The minimum Gasteiger partial charge on any atom is -0.461 e. The Balaban J connectivity index is 0.000000235. The number of aromatic nitrogens is 12. The number of nitrogens with one attached hydrogen (secondary N) is 2. The van der Waals surface area contributed by atoms with Crippen LogP contribution in [0.2, 0.25) is 0 Å². The van der Waals surface area contributed by atoms with E-state index in [4.69, 9.17) is 64.9 Å². The maximum Gasteiger partial charge on any atom is 0.335 e. The zero-order chi connectivity index (χ0) is 75.0. The minimum absolute atomic E-state index is 0.0619. The molecule has 0 aliphatic carbocycles. The lowest BCUT2D eigenvalue weighted by Crippen LogP contribution is -2.11. The highest BCUT2D eigenvalue weighted by Crippen LogP contribution is 2.51. The normalized spacial score (nSPS) is 12.1. The standard InChI is InChI=1S/C22H33N6O5P.C20H27BrN5O5P.C20H29N6O5P.C4H11N/c1-4-6-10-24-21-25-18-19(23)26-22(32-12-11-31-3)27-20(18)28(21)14-16-8-7-9-17(13-16)15-34(29,30)33-5-2;1-4-30-32(27,31-5-2)13-15-8-6-7-14(11-15)12-26-18-16(23-19(26)21)17(22)24-20(25-18)29-10-9-28-3;1-3-4-8-22-19-23-16-17(21)24-20(31-10-9-30-2)25-18(16)26(19)12-14-6-5-7-15(11-14)13-32(27,28)29;1-2-3-4-5/h7-9,13H,4-6,10-12,14-15H2,1-3H3,(H,24,25)(H,29,30)(H2,23,26,27);6-8,11H,4-5,9-10,12-13H2,1-3H3,(H2,22,24,25);5-7,11H,3-4,8-10,12-13H2,1-2H3,(H,22,23)(H2,21,24,25)(H2,27,28,29);2-5H2,1H3. The van der Waals surface area contributed by atoms with Gasteiger partial charge in [0, 0.05) is 34.4 Å². The number of benzene rings is 3. The summed E-state index contributed by atoms with van der Waals surface area (Å²) in [5, 5.41) is 6.67. The van der Waals surface area contributed by atoms with E-state index >= 15 is 0 Å². The van der Waals surface area contributed by atoms with E-state index < -0.39 is 22.8 Å². The van der Waals surface area contributed by atoms with Gasteiger partial charge in [0.1, 0.15) is 19.8 Å². The van der Waals surface area contributed by atoms with Gasteiger partial charge in [0.05, 0.1) is 77.8 Å². The summed E-state index contributed by atoms with van der Waals surface area (Å²) in [4.78, 5) is 68.4. The van der Waals surface area contributed by atoms with Crippen molar-refractivity contribution in [2.75, 3.05) is 128 Å². The quantitative estimate of drug-likeness (QED) is 0.00978. The van der Waals surface area contributed by atoms with Gasteiger partial charge in [-0.1, -0.05) is 113 Å². The highest BCUT2D eigenvalue weighted by molar-refractivity contribution is 9.10. The summed E-state index contributed by atoms with van der Waals surface area (Å²) in [5.74, 6) is 1.86. The Hall–Kier alpha value is -7.52. The Morgan fingerprint density at radius 3 is 1.17 bits per heavy atom. The molecule has 13 N–H and O–H groups in total. The van der Waals surface area contributed by atoms with Crippen LogP contribution in [0.15, 0.2) is 77.5 Å². The lowest BCUT2D eigenvalue weighted by Gasteiger charge is -2.17. The SMILES string of the molecule is CCCCN.CCCCNc1nc2c(N)nc(OCCOC)nc2n1Cc1cccc(CP(=O)(O)O)c1.CCCCNc1nc2c(N)nc(OCCOC)nc2n1Cc1cccc(CP(=O)(O)OCC)c1.CCOP(=O)(Cc1cccc(Cn2c(Br)nc3c(N)nc(OCCOC)nc32)c1)OCC. The first-order valence-electron chi connectivity index (χ1n) is 33.9. The predicted molar refractivity (Wildman–Crippen MR) is 402 cm³/mol. The van der Waals surface area contributed by atoms with Crippen molar-refractivity contribution in [1.82, 2.24) is 58.6 Å². The van der Waals surface area contributed by atoms with Gasteiger partial charge in [-0.15, -0.1) is 0 Å². The molecule has 6 aromatic heterocycles. The number of unbranched alkanes of at least 4 members (excludes halogenated alkanes) is 3. The minimum atomic E-state index is -4.17. The molecule has 6 heterocycles. The second-order valence-electron chi connectivity index (χ2n) is 23.0. The first-order valence-corrected chi connectivity index (χ1v) is 40.0. The number of rotatable bonds is 40. The molecule has 0 fully saturated rings. The fraction of sp³-hybridized carbons (Fsp3) is 0.500. The number of hydrogen-bond acceptors (Lipinski definition) is 27. The van der Waals surface area contributed by atoms with E-state index in [0.717, 1.165) is 67.6 Å². The molecule has 0 aliphatic heterocycles. The number of fused-ring (bicyclic) bond motifs is 3. The highest BCUT2D eigenvalue weighted by Gasteiger charge is 2.26. The molecular weight excluding hydrogens is 1460 g/mol. The number of hydrogen-bond donors (Lipinski definition) is 9. The van der Waals surface area contributed by atoms with Crippen LogP contribution in [0.4, 0.5) is 29.4 Å². The van der Waals surface area contributed by atoms with E-state index in [9.17, 15) is 28.4 Å². The molecule has 0 spiro atoms. The van der Waals surface area contributed by atoms with Gasteiger partial charge in [0.25, 0.3) is 0 Å². The van der Waals surface area contributed by atoms with Gasteiger partial charge in [-0.2, -0.15) is 29.9 Å². The van der Waals surface area contributed by atoms with Crippen molar-refractivity contribution in [3.05, 3.63) is 111 Å². The summed E-state index contributed by atoms with van der Waals surface area (Å²) < 4.78 is 90.2. The number of nitrogens with zero attached hydrogens (tertiary/aromatic N) is 12. The lowest BCUT2D eigenvalue weighted by atomic mass is 10.1. The van der Waals surface area contributed by atoms with Crippen LogP contribution in [0.5, 0.6) is 18.0 Å². The fourth-order valence-electron chi connectivity index (χ4n) is 9.98. The van der Waals surface area contributed by atoms with Gasteiger partial charge in [-0.05, 0) is 95.9 Å². The summed E-state index contributed by atoms with van der Waals surface area (Å²) >= 11 is 3.48. The molecule has 0 bridgehead atoms. The molecule has 0 radical (unpaired) electrons. The van der Waals surface area contributed by atoms with Crippen molar-refractivity contribution in [2.45, 2.75) is 118 Å². The fourth-order valence-corrected chi connectivity index (χ4v) is 14.0. The summed E-state index contributed by atoms with van der Waals surface area (Å²) in [5.41, 5.74) is 31.3. The number of ether oxygens (including phenoxy) is 6. The Labute approximate surface area is 608 Å². The molecular formula is C66H100BrN18O15P3. The lowest BCUT2D eigenvalue weighted by molar-refractivity contribution is 0.141. The molecule has 1 unspecified atom stereocenters. The summed E-state index contributed by atoms with van der Waals surface area (Å²) in [6.07, 6.45) is 6.21. The van der Waals surface area contributed by atoms with Gasteiger partial charge in [-0.3, -0.25) is 27.4 Å². The Morgan fingerprint density at radius 2 is 0.816 bits per heavy atom. The van der Waals surface area contributed by atoms with Gasteiger partial charge >= 0.3 is 40.8 Å². The van der Waals surface area contributed by atoms with Crippen molar-refractivity contribution in [1.29, 1.82) is 0 Å². The Morgan fingerprint density at radius 1 is 0.456 bits per heavy atom. The molecule has 33 nitrogen and oxygen atoms in total. The first kappa shape index (κ1) is 84.4. The molecule has 0 amide bonds. The second-order valence-corrected chi connectivity index (χ2v) is 29.3. The van der Waals surface area contributed by atoms with Crippen molar-refractivity contribution in [2.24, 2.45) is 5.73 Å². The van der Waals surface area contributed by atoms with Gasteiger partial charge < -0.3 is 90.2 Å². The largest absolute Gasteiger partial charge is 0.461 e. The predicted octanol–water partition coefficient (Wildman–Crippen LogP) is 10.5. The van der Waals surface area contributed by atoms with Crippen LogP contribution >= 0.6 is 38.7 Å². The van der Waals surface area contributed by atoms with Crippen molar-refractivity contribution in [3.63, 3.8) is 0 Å². The highest BCUT2D eigenvalue weighted by atomic mass is 79.9. The summed E-state index contributed by atoms with van der Waals surface area (Å²) in [7, 11) is -6.31. The first-order chi connectivity index (χ1) is 49.5. The molecule has 0 saturated heterocycles. The molecule has 9 aromatic rings. The molecule has 0 aliphatic rings. The topological polar surface area (TPSA) is 454 Å². The molecule has 1 atom stereocenters. The van der Waals surface area contributed by atoms with Crippen molar-refractivity contribution >= 4 is 102 Å². The van der Waals surface area contributed by atoms with E-state index in [1.807, 2.05) is 62.2 Å². The number of methoxy groups -OCH3 is 3. The van der Waals surface area contributed by atoms with Crippen LogP contribution in [0.3, 0.4) is 0 Å². The molecule has 3 aromatic carbocycles. The third-order valence-electron chi connectivity index (χ3n) is 14.6. The van der Waals surface area contributed by atoms with Gasteiger partial charge in [0.15, 0.2) is 55.7 Å². The van der Waals surface area contributed by atoms with Gasteiger partial charge in [-0.25, -0.2) is 15.0 Å². The zero-order valence-electron chi connectivity index (χ0n) is 60.0. The number of imidazole rings is 3.